The maximum absolute atomic E-state index is 11.8. The number of benzene rings is 1. The Labute approximate surface area is 105 Å². The van der Waals surface area contributed by atoms with E-state index in [1.54, 1.807) is 31.4 Å². The Bertz CT molecular complexity index is 398. The van der Waals surface area contributed by atoms with E-state index in [9.17, 15) is 9.00 Å². The molecule has 0 heterocycles. The van der Waals surface area contributed by atoms with Crippen molar-refractivity contribution in [2.45, 2.75) is 25.5 Å². The van der Waals surface area contributed by atoms with Gasteiger partial charge in [-0.05, 0) is 30.7 Å². The van der Waals surface area contributed by atoms with Crippen molar-refractivity contribution in [1.29, 1.82) is 0 Å². The number of ether oxygens (including phenoxy) is 1. The van der Waals surface area contributed by atoms with Crippen molar-refractivity contribution in [2.24, 2.45) is 0 Å². The summed E-state index contributed by atoms with van der Waals surface area (Å²) in [5.41, 5.74) is 0.586. The first-order valence-electron chi connectivity index (χ1n) is 5.63. The first-order valence-corrected chi connectivity index (χ1v) is 7.01. The highest BCUT2D eigenvalue weighted by atomic mass is 32.2. The lowest BCUT2D eigenvalue weighted by Crippen LogP contribution is -2.19. The topological polar surface area (TPSA) is 43.4 Å². The highest BCUT2D eigenvalue weighted by molar-refractivity contribution is 7.86. The third-order valence-corrected chi connectivity index (χ3v) is 4.49. The van der Waals surface area contributed by atoms with Crippen LogP contribution < -0.4 is 4.74 Å². The van der Waals surface area contributed by atoms with E-state index in [0.717, 1.165) is 6.42 Å². The molecule has 0 saturated heterocycles. The zero-order chi connectivity index (χ0) is 12.8. The van der Waals surface area contributed by atoms with E-state index in [-0.39, 0.29) is 16.8 Å². The van der Waals surface area contributed by atoms with Crippen LogP contribution in [0.4, 0.5) is 0 Å². The van der Waals surface area contributed by atoms with Crippen LogP contribution in [0.5, 0.6) is 5.75 Å². The third-order valence-electron chi connectivity index (χ3n) is 2.71. The molecule has 0 saturated carbocycles. The van der Waals surface area contributed by atoms with E-state index in [1.165, 1.54) is 0 Å². The van der Waals surface area contributed by atoms with Crippen LogP contribution in [0.25, 0.3) is 0 Å². The maximum Gasteiger partial charge on any atom is 0.175 e. The van der Waals surface area contributed by atoms with E-state index in [0.29, 0.717) is 11.3 Å². The van der Waals surface area contributed by atoms with Crippen LogP contribution in [0.2, 0.25) is 0 Å². The van der Waals surface area contributed by atoms with Crippen LogP contribution >= 0.6 is 0 Å². The second-order valence-corrected chi connectivity index (χ2v) is 5.75. The van der Waals surface area contributed by atoms with Gasteiger partial charge in [0.1, 0.15) is 5.75 Å². The van der Waals surface area contributed by atoms with Gasteiger partial charge in [0.15, 0.2) is 5.78 Å². The minimum Gasteiger partial charge on any atom is -0.497 e. The molecule has 1 rings (SSSR count). The molecule has 3 nitrogen and oxygen atoms in total. The fourth-order valence-corrected chi connectivity index (χ4v) is 2.40. The predicted octanol–water partition coefficient (Wildman–Crippen LogP) is 2.43. The van der Waals surface area contributed by atoms with Gasteiger partial charge in [-0.15, -0.1) is 0 Å². The second-order valence-electron chi connectivity index (χ2n) is 3.90. The molecular formula is C13H18O3S. The highest BCUT2D eigenvalue weighted by Gasteiger charge is 2.14. The minimum absolute atomic E-state index is 0.0669. The van der Waals surface area contributed by atoms with Gasteiger partial charge >= 0.3 is 0 Å². The summed E-state index contributed by atoms with van der Waals surface area (Å²) in [6.07, 6.45) is 0.822. The summed E-state index contributed by atoms with van der Waals surface area (Å²) >= 11 is 0. The summed E-state index contributed by atoms with van der Waals surface area (Å²) in [5, 5.41) is 0.0669. The van der Waals surface area contributed by atoms with Crippen molar-refractivity contribution in [3.63, 3.8) is 0 Å². The van der Waals surface area contributed by atoms with Gasteiger partial charge in [0, 0.05) is 21.6 Å². The summed E-state index contributed by atoms with van der Waals surface area (Å²) in [5.74, 6) is 0.734. The summed E-state index contributed by atoms with van der Waals surface area (Å²) in [7, 11) is 0.495. The Balaban J connectivity index is 2.66. The zero-order valence-electron chi connectivity index (χ0n) is 10.4. The molecule has 0 spiro atoms. The number of hydrogen-bond acceptors (Lipinski definition) is 3. The molecule has 0 N–H and O–H groups in total. The number of Topliss-reactive ketones (excluding diaryl/α,β-unsaturated/α-hetero) is 1. The van der Waals surface area contributed by atoms with Gasteiger partial charge in [-0.1, -0.05) is 13.8 Å². The highest BCUT2D eigenvalue weighted by Crippen LogP contribution is 2.12. The van der Waals surface area contributed by atoms with Gasteiger partial charge in [0.25, 0.3) is 0 Å². The van der Waals surface area contributed by atoms with Crippen LogP contribution in [0.1, 0.15) is 30.6 Å². The molecule has 4 heteroatoms. The van der Waals surface area contributed by atoms with Crippen molar-refractivity contribution in [1.82, 2.24) is 0 Å². The number of rotatable bonds is 6. The normalized spacial score (nSPS) is 14.1. The molecule has 0 aliphatic rings. The molecule has 0 fully saturated rings. The lowest BCUT2D eigenvalue weighted by Gasteiger charge is -2.08. The minimum atomic E-state index is -1.08. The van der Waals surface area contributed by atoms with E-state index in [1.807, 2.05) is 13.8 Å². The molecule has 1 aromatic rings. The van der Waals surface area contributed by atoms with E-state index in [4.69, 9.17) is 4.74 Å². The molecule has 0 amide bonds. The van der Waals surface area contributed by atoms with Crippen LogP contribution in [0.3, 0.4) is 0 Å². The van der Waals surface area contributed by atoms with Crippen molar-refractivity contribution >= 4 is 16.6 Å². The average molecular weight is 254 g/mol. The fraction of sp³-hybridized carbons (Fsp3) is 0.462. The van der Waals surface area contributed by atoms with Crippen LogP contribution in [0, 0.1) is 0 Å². The number of methoxy groups -OCH3 is 1. The Morgan fingerprint density at radius 1 is 1.35 bits per heavy atom. The first-order chi connectivity index (χ1) is 8.08. The summed E-state index contributed by atoms with van der Waals surface area (Å²) in [4.78, 5) is 11.8. The SMILES string of the molecule is CCC(C)S(=O)CC(=O)c1ccc(OC)cc1. The largest absolute Gasteiger partial charge is 0.497 e. The van der Waals surface area contributed by atoms with Gasteiger partial charge < -0.3 is 4.74 Å². The standard InChI is InChI=1S/C13H18O3S/c1-4-10(2)17(15)9-13(14)11-5-7-12(16-3)8-6-11/h5-8,10H,4,9H2,1-3H3. The molecule has 2 atom stereocenters. The molecular weight excluding hydrogens is 236 g/mol. The Morgan fingerprint density at radius 2 is 1.94 bits per heavy atom. The van der Waals surface area contributed by atoms with Crippen LogP contribution in [-0.4, -0.2) is 28.1 Å². The molecule has 0 aliphatic heterocycles. The summed E-state index contributed by atoms with van der Waals surface area (Å²) < 4.78 is 16.8. The maximum atomic E-state index is 11.8. The van der Waals surface area contributed by atoms with Gasteiger partial charge in [-0.2, -0.15) is 0 Å². The quantitative estimate of drug-likeness (QED) is 0.732. The lowest BCUT2D eigenvalue weighted by atomic mass is 10.1. The summed E-state index contributed by atoms with van der Waals surface area (Å²) in [6, 6.07) is 6.88. The molecule has 0 aromatic heterocycles. The van der Waals surface area contributed by atoms with Crippen LogP contribution in [0.15, 0.2) is 24.3 Å². The van der Waals surface area contributed by atoms with Gasteiger partial charge in [0.05, 0.1) is 12.9 Å². The molecule has 0 aliphatic carbocycles. The van der Waals surface area contributed by atoms with Crippen molar-refractivity contribution < 1.29 is 13.7 Å². The van der Waals surface area contributed by atoms with E-state index in [2.05, 4.69) is 0 Å². The molecule has 0 radical (unpaired) electrons. The van der Waals surface area contributed by atoms with Gasteiger partial charge in [-0.25, -0.2) is 0 Å². The number of hydrogen-bond donors (Lipinski definition) is 0. The van der Waals surface area contributed by atoms with E-state index >= 15 is 0 Å². The summed E-state index contributed by atoms with van der Waals surface area (Å²) in [6.45, 7) is 3.87. The monoisotopic (exact) mass is 254 g/mol. The molecule has 94 valence electrons. The number of carbonyl (C=O) groups excluding carboxylic acids is 1. The smallest absolute Gasteiger partial charge is 0.175 e. The molecule has 0 bridgehead atoms. The predicted molar refractivity (Wildman–Crippen MR) is 70.1 cm³/mol. The van der Waals surface area contributed by atoms with Gasteiger partial charge in [0.2, 0.25) is 0 Å². The first kappa shape index (κ1) is 13.9. The lowest BCUT2D eigenvalue weighted by molar-refractivity contribution is 0.102. The third kappa shape index (κ3) is 3.97. The Hall–Kier alpha value is -1.16. The van der Waals surface area contributed by atoms with Crippen molar-refractivity contribution in [3.05, 3.63) is 29.8 Å². The zero-order valence-corrected chi connectivity index (χ0v) is 11.3. The Morgan fingerprint density at radius 3 is 2.41 bits per heavy atom. The van der Waals surface area contributed by atoms with Gasteiger partial charge in [-0.3, -0.25) is 9.00 Å². The number of ketones is 1. The molecule has 2 unspecified atom stereocenters. The molecule has 1 aromatic carbocycles. The number of carbonyl (C=O) groups is 1. The Kier molecular flexibility index (Phi) is 5.35. The fourth-order valence-electron chi connectivity index (χ4n) is 1.32. The average Bonchev–Trinajstić information content (AvgIpc) is 2.37. The van der Waals surface area contributed by atoms with Crippen molar-refractivity contribution in [3.8, 4) is 5.75 Å². The molecule has 17 heavy (non-hydrogen) atoms. The van der Waals surface area contributed by atoms with Crippen molar-refractivity contribution in [2.75, 3.05) is 12.9 Å². The van der Waals surface area contributed by atoms with Crippen LogP contribution in [-0.2, 0) is 10.8 Å². The second kappa shape index (κ2) is 6.55. The van der Waals surface area contributed by atoms with E-state index < -0.39 is 10.8 Å².